The average Bonchev–Trinajstić information content (AvgIpc) is 3.37. The van der Waals surface area contributed by atoms with E-state index in [-0.39, 0.29) is 35.7 Å². The van der Waals surface area contributed by atoms with E-state index in [2.05, 4.69) is 5.32 Å². The maximum atomic E-state index is 12.1. The number of hydrogen-bond acceptors (Lipinski definition) is 5. The number of nitro groups is 1. The third-order valence-corrected chi connectivity index (χ3v) is 4.70. The average molecular weight is 347 g/mol. The maximum absolute atomic E-state index is 12.1. The molecule has 134 valence electrons. The van der Waals surface area contributed by atoms with E-state index in [1.807, 2.05) is 6.92 Å². The van der Waals surface area contributed by atoms with Gasteiger partial charge < -0.3 is 15.3 Å². The van der Waals surface area contributed by atoms with E-state index in [1.165, 1.54) is 6.07 Å². The highest BCUT2D eigenvalue weighted by Gasteiger charge is 2.33. The number of nitro benzene ring substituents is 1. The molecule has 0 spiro atoms. The predicted molar refractivity (Wildman–Crippen MR) is 90.7 cm³/mol. The summed E-state index contributed by atoms with van der Waals surface area (Å²) in [4.78, 5) is 36.2. The molecule has 8 heteroatoms. The fourth-order valence-electron chi connectivity index (χ4n) is 3.30. The van der Waals surface area contributed by atoms with Crippen molar-refractivity contribution in [2.24, 2.45) is 11.8 Å². The summed E-state index contributed by atoms with van der Waals surface area (Å²) in [5, 5.41) is 23.6. The molecule has 0 radical (unpaired) electrons. The molecule has 1 aromatic rings. The summed E-state index contributed by atoms with van der Waals surface area (Å²) in [6, 6.07) is 4.57. The van der Waals surface area contributed by atoms with Crippen LogP contribution >= 0.6 is 0 Å². The van der Waals surface area contributed by atoms with Crippen LogP contribution in [0.1, 0.15) is 36.5 Å². The second kappa shape index (κ2) is 6.70. The van der Waals surface area contributed by atoms with Gasteiger partial charge in [-0.1, -0.05) is 6.92 Å². The first kappa shape index (κ1) is 17.2. The van der Waals surface area contributed by atoms with Crippen LogP contribution in [-0.4, -0.2) is 41.0 Å². The Kier molecular flexibility index (Phi) is 4.61. The molecule has 25 heavy (non-hydrogen) atoms. The lowest BCUT2D eigenvalue weighted by atomic mass is 9.90. The van der Waals surface area contributed by atoms with Crippen molar-refractivity contribution in [2.75, 3.05) is 18.0 Å². The number of amides is 1. The topological polar surface area (TPSA) is 113 Å². The van der Waals surface area contributed by atoms with Crippen LogP contribution in [-0.2, 0) is 4.79 Å². The molecule has 0 aromatic heterocycles. The van der Waals surface area contributed by atoms with Gasteiger partial charge in [0, 0.05) is 30.8 Å². The molecule has 2 aliphatic rings. The van der Waals surface area contributed by atoms with Gasteiger partial charge in [-0.3, -0.25) is 19.7 Å². The molecule has 1 saturated carbocycles. The van der Waals surface area contributed by atoms with Gasteiger partial charge in [-0.25, -0.2) is 0 Å². The highest BCUT2D eigenvalue weighted by atomic mass is 16.6. The Labute approximate surface area is 145 Å². The molecule has 2 fully saturated rings. The van der Waals surface area contributed by atoms with Crippen LogP contribution in [0.3, 0.4) is 0 Å². The number of rotatable bonds is 5. The number of carbonyl (C=O) groups excluding carboxylic acids is 1. The van der Waals surface area contributed by atoms with Gasteiger partial charge >= 0.3 is 5.97 Å². The van der Waals surface area contributed by atoms with Crippen LogP contribution < -0.4 is 10.2 Å². The third-order valence-electron chi connectivity index (χ3n) is 4.70. The van der Waals surface area contributed by atoms with Gasteiger partial charge in [0.25, 0.3) is 11.6 Å². The number of hydrogen-bond donors (Lipinski definition) is 2. The molecule has 1 aliphatic heterocycles. The molecular formula is C17H21N3O5. The van der Waals surface area contributed by atoms with Crippen molar-refractivity contribution < 1.29 is 19.6 Å². The van der Waals surface area contributed by atoms with Crippen LogP contribution in [0, 0.1) is 22.0 Å². The van der Waals surface area contributed by atoms with Crippen LogP contribution in [0.2, 0.25) is 0 Å². The number of aliphatic carboxylic acids is 1. The minimum atomic E-state index is -0.889. The molecule has 8 nitrogen and oxygen atoms in total. The minimum absolute atomic E-state index is 0.118. The maximum Gasteiger partial charge on any atom is 0.308 e. The van der Waals surface area contributed by atoms with Crippen molar-refractivity contribution in [3.8, 4) is 0 Å². The smallest absolute Gasteiger partial charge is 0.308 e. The SMILES string of the molecule is CC1CC(C(=O)O)CN(c2ccc(C(=O)NC3CC3)cc2[N+](=O)[O-])C1. The van der Waals surface area contributed by atoms with Crippen molar-refractivity contribution in [2.45, 2.75) is 32.2 Å². The van der Waals surface area contributed by atoms with Gasteiger partial charge in [-0.05, 0) is 37.3 Å². The third kappa shape index (κ3) is 3.89. The zero-order valence-electron chi connectivity index (χ0n) is 14.0. The number of carbonyl (C=O) groups is 2. The van der Waals surface area contributed by atoms with Crippen LogP contribution in [0.15, 0.2) is 18.2 Å². The number of anilines is 1. The quantitative estimate of drug-likeness (QED) is 0.622. The summed E-state index contributed by atoms with van der Waals surface area (Å²) in [6.07, 6.45) is 2.43. The first-order valence-corrected chi connectivity index (χ1v) is 8.42. The summed E-state index contributed by atoms with van der Waals surface area (Å²) in [5.74, 6) is -1.64. The number of benzene rings is 1. The van der Waals surface area contributed by atoms with E-state index in [0.717, 1.165) is 12.8 Å². The van der Waals surface area contributed by atoms with E-state index in [1.54, 1.807) is 17.0 Å². The van der Waals surface area contributed by atoms with E-state index in [0.29, 0.717) is 18.7 Å². The van der Waals surface area contributed by atoms with E-state index < -0.39 is 16.8 Å². The normalized spacial score (nSPS) is 23.2. The van der Waals surface area contributed by atoms with Crippen molar-refractivity contribution in [1.82, 2.24) is 5.32 Å². The zero-order chi connectivity index (χ0) is 18.1. The number of carboxylic acid groups (broad SMARTS) is 1. The molecule has 1 aromatic carbocycles. The fraction of sp³-hybridized carbons (Fsp3) is 0.529. The summed E-state index contributed by atoms with van der Waals surface area (Å²) in [7, 11) is 0. The first-order chi connectivity index (χ1) is 11.8. The highest BCUT2D eigenvalue weighted by molar-refractivity contribution is 5.96. The molecule has 1 saturated heterocycles. The fourth-order valence-corrected chi connectivity index (χ4v) is 3.30. The van der Waals surface area contributed by atoms with Crippen LogP contribution in [0.25, 0.3) is 0 Å². The highest BCUT2D eigenvalue weighted by Crippen LogP contribution is 2.34. The Morgan fingerprint density at radius 1 is 1.32 bits per heavy atom. The van der Waals surface area contributed by atoms with Gasteiger partial charge in [0.05, 0.1) is 10.8 Å². The lowest BCUT2D eigenvalue weighted by Gasteiger charge is -2.35. The second-order valence-electron chi connectivity index (χ2n) is 6.99. The number of carboxylic acids is 1. The molecule has 0 bridgehead atoms. The van der Waals surface area contributed by atoms with E-state index >= 15 is 0 Å². The van der Waals surface area contributed by atoms with Gasteiger partial charge in [-0.15, -0.1) is 0 Å². The Hall–Kier alpha value is -2.64. The number of nitrogens with one attached hydrogen (secondary N) is 1. The van der Waals surface area contributed by atoms with Gasteiger partial charge in [0.1, 0.15) is 5.69 Å². The van der Waals surface area contributed by atoms with E-state index in [4.69, 9.17) is 0 Å². The van der Waals surface area contributed by atoms with Gasteiger partial charge in [-0.2, -0.15) is 0 Å². The lowest BCUT2D eigenvalue weighted by Crippen LogP contribution is -2.42. The van der Waals surface area contributed by atoms with Crippen LogP contribution in [0.5, 0.6) is 0 Å². The first-order valence-electron chi connectivity index (χ1n) is 8.42. The largest absolute Gasteiger partial charge is 0.481 e. The molecule has 3 rings (SSSR count). The predicted octanol–water partition coefficient (Wildman–Crippen LogP) is 2.03. The monoisotopic (exact) mass is 347 g/mol. The summed E-state index contributed by atoms with van der Waals surface area (Å²) in [6.45, 7) is 2.72. The summed E-state index contributed by atoms with van der Waals surface area (Å²) >= 11 is 0. The Balaban J connectivity index is 1.88. The number of piperidine rings is 1. The van der Waals surface area contributed by atoms with Crippen molar-refractivity contribution in [3.63, 3.8) is 0 Å². The zero-order valence-corrected chi connectivity index (χ0v) is 14.0. The molecule has 1 heterocycles. The lowest BCUT2D eigenvalue weighted by molar-refractivity contribution is -0.384. The van der Waals surface area contributed by atoms with Crippen molar-refractivity contribution in [1.29, 1.82) is 0 Å². The minimum Gasteiger partial charge on any atom is -0.481 e. The number of nitrogens with zero attached hydrogens (tertiary/aromatic N) is 2. The van der Waals surface area contributed by atoms with Crippen molar-refractivity contribution in [3.05, 3.63) is 33.9 Å². The Morgan fingerprint density at radius 2 is 2.04 bits per heavy atom. The van der Waals surface area contributed by atoms with Gasteiger partial charge in [0.15, 0.2) is 0 Å². The van der Waals surface area contributed by atoms with Gasteiger partial charge in [0.2, 0.25) is 0 Å². The molecular weight excluding hydrogens is 326 g/mol. The summed E-state index contributed by atoms with van der Waals surface area (Å²) < 4.78 is 0. The van der Waals surface area contributed by atoms with Crippen molar-refractivity contribution >= 4 is 23.3 Å². The molecule has 2 N–H and O–H groups in total. The Morgan fingerprint density at radius 3 is 2.64 bits per heavy atom. The second-order valence-corrected chi connectivity index (χ2v) is 6.99. The Bertz CT molecular complexity index is 716. The van der Waals surface area contributed by atoms with E-state index in [9.17, 15) is 24.8 Å². The summed E-state index contributed by atoms with van der Waals surface area (Å²) in [5.41, 5.74) is 0.453. The van der Waals surface area contributed by atoms with Crippen LogP contribution in [0.4, 0.5) is 11.4 Å². The standard InChI is InChI=1S/C17H21N3O5/c1-10-6-12(17(22)23)9-19(8-10)14-5-2-11(7-15(14)20(24)25)16(21)18-13-3-4-13/h2,5,7,10,12-13H,3-4,6,8-9H2,1H3,(H,18,21)(H,22,23). The molecule has 1 aliphatic carbocycles. The molecule has 2 atom stereocenters. The molecule has 2 unspecified atom stereocenters. The molecule has 1 amide bonds.